The first-order valence-electron chi connectivity index (χ1n) is 3.84. The van der Waals surface area contributed by atoms with Gasteiger partial charge in [0.15, 0.2) is 5.01 Å². The quantitative estimate of drug-likeness (QED) is 0.773. The average molecular weight is 269 g/mol. The van der Waals surface area contributed by atoms with Crippen LogP contribution in [0.3, 0.4) is 0 Å². The predicted molar refractivity (Wildman–Crippen MR) is 52.9 cm³/mol. The van der Waals surface area contributed by atoms with Gasteiger partial charge in [-0.3, -0.25) is 0 Å². The van der Waals surface area contributed by atoms with E-state index in [4.69, 9.17) is 5.26 Å². The van der Waals surface area contributed by atoms with Crippen LogP contribution in [0.5, 0.6) is 0 Å². The molecule has 0 saturated heterocycles. The fraction of sp³-hybridized carbons (Fsp3) is 0.429. The van der Waals surface area contributed by atoms with Gasteiger partial charge in [0.1, 0.15) is 0 Å². The Bertz CT molecular complexity index is 534. The minimum Gasteiger partial charge on any atom is -0.249 e. The van der Waals surface area contributed by atoms with Crippen LogP contribution in [0.4, 0.5) is 13.2 Å². The SMILES string of the molecule is CS(=O)(Cc1csc(C(F)(F)F)n1)=NC#N. The second kappa shape index (κ2) is 4.39. The van der Waals surface area contributed by atoms with Crippen LogP contribution in [0.1, 0.15) is 10.7 Å². The van der Waals surface area contributed by atoms with Gasteiger partial charge in [-0.1, -0.05) is 0 Å². The van der Waals surface area contributed by atoms with E-state index >= 15 is 0 Å². The summed E-state index contributed by atoms with van der Waals surface area (Å²) in [7, 11) is -2.83. The topological polar surface area (TPSA) is 66.1 Å². The highest BCUT2D eigenvalue weighted by atomic mass is 32.2. The summed E-state index contributed by atoms with van der Waals surface area (Å²) in [4.78, 5) is 3.29. The molecule has 1 aromatic rings. The van der Waals surface area contributed by atoms with Gasteiger partial charge >= 0.3 is 6.18 Å². The monoisotopic (exact) mass is 269 g/mol. The third-order valence-corrected chi connectivity index (χ3v) is 3.68. The van der Waals surface area contributed by atoms with Crippen molar-refractivity contribution < 1.29 is 17.4 Å². The van der Waals surface area contributed by atoms with Gasteiger partial charge in [0.2, 0.25) is 6.19 Å². The first kappa shape index (κ1) is 12.9. The molecule has 0 saturated carbocycles. The van der Waals surface area contributed by atoms with Crippen LogP contribution < -0.4 is 0 Å². The van der Waals surface area contributed by atoms with Gasteiger partial charge < -0.3 is 0 Å². The normalized spacial score (nSPS) is 15.2. The largest absolute Gasteiger partial charge is 0.443 e. The molecule has 1 atom stereocenters. The lowest BCUT2D eigenvalue weighted by Gasteiger charge is -2.00. The van der Waals surface area contributed by atoms with Gasteiger partial charge in [-0.2, -0.15) is 18.4 Å². The second-order valence-corrected chi connectivity index (χ2v) is 6.18. The minimum absolute atomic E-state index is 0.0313. The Labute approximate surface area is 93.9 Å². The molecule has 0 bridgehead atoms. The molecule has 16 heavy (non-hydrogen) atoms. The van der Waals surface area contributed by atoms with Crippen molar-refractivity contribution in [2.75, 3.05) is 6.26 Å². The molecule has 9 heteroatoms. The molecule has 0 amide bonds. The Morgan fingerprint density at radius 1 is 1.69 bits per heavy atom. The Balaban J connectivity index is 2.95. The van der Waals surface area contributed by atoms with E-state index in [9.17, 15) is 17.4 Å². The van der Waals surface area contributed by atoms with Crippen LogP contribution in [-0.2, 0) is 21.7 Å². The highest BCUT2D eigenvalue weighted by Crippen LogP contribution is 2.31. The van der Waals surface area contributed by atoms with Gasteiger partial charge in [0, 0.05) is 11.6 Å². The van der Waals surface area contributed by atoms with Crippen molar-refractivity contribution in [1.82, 2.24) is 4.98 Å². The Kier molecular flexibility index (Phi) is 3.54. The Hall–Kier alpha value is -1.14. The van der Waals surface area contributed by atoms with E-state index in [0.29, 0.717) is 11.3 Å². The van der Waals surface area contributed by atoms with Crippen LogP contribution in [0.15, 0.2) is 9.74 Å². The van der Waals surface area contributed by atoms with E-state index in [1.165, 1.54) is 17.8 Å². The van der Waals surface area contributed by atoms with E-state index in [1.54, 1.807) is 0 Å². The molecular formula is C7H6F3N3OS2. The summed E-state index contributed by atoms with van der Waals surface area (Å²) in [6.45, 7) is 0. The predicted octanol–water partition coefficient (Wildman–Crippen LogP) is 2.24. The van der Waals surface area contributed by atoms with E-state index in [0.717, 1.165) is 0 Å². The fourth-order valence-corrected chi connectivity index (χ4v) is 2.62. The molecule has 0 radical (unpaired) electrons. The lowest BCUT2D eigenvalue weighted by atomic mass is 10.6. The molecule has 0 aromatic carbocycles. The number of rotatable bonds is 2. The summed E-state index contributed by atoms with van der Waals surface area (Å²) < 4.78 is 51.2. The number of nitrogens with zero attached hydrogens (tertiary/aromatic N) is 3. The lowest BCUT2D eigenvalue weighted by molar-refractivity contribution is -0.137. The van der Waals surface area contributed by atoms with Gasteiger partial charge in [-0.05, 0) is 0 Å². The number of alkyl halides is 3. The zero-order valence-electron chi connectivity index (χ0n) is 7.98. The third-order valence-electron chi connectivity index (χ3n) is 1.44. The molecule has 0 spiro atoms. The molecule has 1 unspecified atom stereocenters. The first-order chi connectivity index (χ1) is 7.24. The molecule has 0 aliphatic heterocycles. The smallest absolute Gasteiger partial charge is 0.249 e. The van der Waals surface area contributed by atoms with E-state index < -0.39 is 20.9 Å². The number of hydrogen-bond donors (Lipinski definition) is 0. The van der Waals surface area contributed by atoms with Gasteiger partial charge in [0.25, 0.3) is 0 Å². The van der Waals surface area contributed by atoms with Crippen molar-refractivity contribution in [3.05, 3.63) is 16.1 Å². The van der Waals surface area contributed by atoms with Crippen molar-refractivity contribution in [2.45, 2.75) is 11.9 Å². The lowest BCUT2D eigenvalue weighted by Crippen LogP contribution is -2.06. The second-order valence-electron chi connectivity index (χ2n) is 2.94. The molecule has 88 valence electrons. The van der Waals surface area contributed by atoms with Crippen LogP contribution in [0.2, 0.25) is 0 Å². The van der Waals surface area contributed by atoms with Crippen molar-refractivity contribution in [3.8, 4) is 6.19 Å². The van der Waals surface area contributed by atoms with Crippen LogP contribution in [-0.4, -0.2) is 15.4 Å². The molecule has 1 aromatic heterocycles. The maximum atomic E-state index is 12.2. The molecule has 0 aliphatic rings. The Morgan fingerprint density at radius 3 is 2.75 bits per heavy atom. The van der Waals surface area contributed by atoms with Crippen LogP contribution in [0.25, 0.3) is 0 Å². The summed E-state index contributed by atoms with van der Waals surface area (Å²) in [6.07, 6.45) is -1.93. The van der Waals surface area contributed by atoms with Crippen molar-refractivity contribution >= 4 is 21.1 Å². The van der Waals surface area contributed by atoms with Crippen molar-refractivity contribution in [2.24, 2.45) is 4.36 Å². The summed E-state index contributed by atoms with van der Waals surface area (Å²) >= 11 is 0.429. The summed E-state index contributed by atoms with van der Waals surface area (Å²) in [6, 6.07) is 0. The number of nitriles is 1. The molecule has 0 fully saturated rings. The summed E-state index contributed by atoms with van der Waals surface area (Å²) in [5, 5.41) is 8.40. The molecule has 0 N–H and O–H groups in total. The first-order valence-corrected chi connectivity index (χ1v) is 6.81. The van der Waals surface area contributed by atoms with Gasteiger partial charge in [-0.25, -0.2) is 9.19 Å². The number of halogens is 3. The zero-order valence-corrected chi connectivity index (χ0v) is 9.62. The van der Waals surface area contributed by atoms with Crippen LogP contribution >= 0.6 is 11.3 Å². The van der Waals surface area contributed by atoms with E-state index in [1.807, 2.05) is 0 Å². The number of thiazole rings is 1. The fourth-order valence-electron chi connectivity index (χ4n) is 0.896. The highest BCUT2D eigenvalue weighted by Gasteiger charge is 2.34. The number of hydrogen-bond acceptors (Lipinski definition) is 5. The Morgan fingerprint density at radius 2 is 2.31 bits per heavy atom. The average Bonchev–Trinajstić information content (AvgIpc) is 2.50. The minimum atomic E-state index is -4.50. The molecule has 0 aliphatic carbocycles. The van der Waals surface area contributed by atoms with Crippen LogP contribution in [0, 0.1) is 11.5 Å². The molecule has 1 rings (SSSR count). The molecular weight excluding hydrogens is 263 g/mol. The number of aromatic nitrogens is 1. The van der Waals surface area contributed by atoms with Crippen molar-refractivity contribution in [1.29, 1.82) is 5.26 Å². The molecule has 1 heterocycles. The highest BCUT2D eigenvalue weighted by molar-refractivity contribution is 7.92. The zero-order chi connectivity index (χ0) is 12.4. The van der Waals surface area contributed by atoms with Gasteiger partial charge in [-0.15, -0.1) is 15.7 Å². The maximum absolute atomic E-state index is 12.2. The summed E-state index contributed by atoms with van der Waals surface area (Å²) in [5.74, 6) is -0.257. The van der Waals surface area contributed by atoms with E-state index in [-0.39, 0.29) is 11.4 Å². The standard InChI is InChI=1S/C7H6F3N3OS2/c1-16(14,12-4-11)3-5-2-15-6(13-5)7(8,9)10/h2H,3H2,1H3. The van der Waals surface area contributed by atoms with Crippen molar-refractivity contribution in [3.63, 3.8) is 0 Å². The van der Waals surface area contributed by atoms with Gasteiger partial charge in [0.05, 0.1) is 21.2 Å². The molecule has 4 nitrogen and oxygen atoms in total. The summed E-state index contributed by atoms with van der Waals surface area (Å²) in [5.41, 5.74) is 0.0313. The maximum Gasteiger partial charge on any atom is 0.443 e. The van der Waals surface area contributed by atoms with E-state index in [2.05, 4.69) is 9.35 Å². The third kappa shape index (κ3) is 3.46.